The van der Waals surface area contributed by atoms with Crippen LogP contribution in [0.25, 0.3) is 11.4 Å². The molecule has 30 heavy (non-hydrogen) atoms. The summed E-state index contributed by atoms with van der Waals surface area (Å²) < 4.78 is 1.96. The Balaban J connectivity index is 1.39. The van der Waals surface area contributed by atoms with Gasteiger partial charge in [0, 0.05) is 36.3 Å². The molecule has 0 bridgehead atoms. The number of nitrogens with two attached hydrogens (primary N) is 1. The van der Waals surface area contributed by atoms with Crippen LogP contribution >= 0.6 is 11.8 Å². The predicted molar refractivity (Wildman–Crippen MR) is 119 cm³/mol. The van der Waals surface area contributed by atoms with Gasteiger partial charge in [0.15, 0.2) is 11.0 Å². The van der Waals surface area contributed by atoms with Crippen LogP contribution in [0.1, 0.15) is 15.9 Å². The van der Waals surface area contributed by atoms with E-state index in [0.717, 1.165) is 27.9 Å². The van der Waals surface area contributed by atoms with Crippen LogP contribution in [0, 0.1) is 0 Å². The third-order valence-corrected chi connectivity index (χ3v) is 5.66. The Morgan fingerprint density at radius 2 is 1.77 bits per heavy atom. The summed E-state index contributed by atoms with van der Waals surface area (Å²) in [5, 5.41) is 12.2. The Hall–Kier alpha value is -3.65. The number of anilines is 2. The van der Waals surface area contributed by atoms with E-state index in [0.29, 0.717) is 16.9 Å². The third kappa shape index (κ3) is 4.33. The highest BCUT2D eigenvalue weighted by Crippen LogP contribution is 2.25. The molecule has 8 heteroatoms. The zero-order valence-corrected chi connectivity index (χ0v) is 17.1. The number of hydrogen-bond donors (Lipinski definition) is 2. The van der Waals surface area contributed by atoms with E-state index in [9.17, 15) is 4.79 Å². The largest absolute Gasteiger partial charge is 0.397 e. The van der Waals surface area contributed by atoms with E-state index in [1.54, 1.807) is 36.3 Å². The molecule has 0 unspecified atom stereocenters. The highest BCUT2D eigenvalue weighted by Gasteiger charge is 2.12. The second kappa shape index (κ2) is 8.79. The molecule has 2 heterocycles. The highest BCUT2D eigenvalue weighted by atomic mass is 32.2. The van der Waals surface area contributed by atoms with Gasteiger partial charge in [-0.3, -0.25) is 9.78 Å². The minimum atomic E-state index is -0.192. The lowest BCUT2D eigenvalue weighted by Crippen LogP contribution is -2.13. The van der Waals surface area contributed by atoms with E-state index in [2.05, 4.69) is 20.5 Å². The first-order chi connectivity index (χ1) is 14.6. The first-order valence-electron chi connectivity index (χ1n) is 9.29. The summed E-state index contributed by atoms with van der Waals surface area (Å²) in [6.07, 6.45) is 3.47. The van der Waals surface area contributed by atoms with E-state index >= 15 is 0 Å². The van der Waals surface area contributed by atoms with Crippen LogP contribution in [-0.4, -0.2) is 25.7 Å². The van der Waals surface area contributed by atoms with Gasteiger partial charge in [-0.05, 0) is 42.0 Å². The number of nitrogen functional groups attached to an aromatic ring is 1. The molecule has 3 N–H and O–H groups in total. The summed E-state index contributed by atoms with van der Waals surface area (Å²) in [7, 11) is 1.95. The molecule has 2 aromatic heterocycles. The summed E-state index contributed by atoms with van der Waals surface area (Å²) in [6.45, 7) is 0. The highest BCUT2D eigenvalue weighted by molar-refractivity contribution is 7.98. The van der Waals surface area contributed by atoms with Crippen LogP contribution in [0.5, 0.6) is 0 Å². The second-order valence-corrected chi connectivity index (χ2v) is 7.57. The van der Waals surface area contributed by atoms with Crippen molar-refractivity contribution < 1.29 is 4.79 Å². The quantitative estimate of drug-likeness (QED) is 0.364. The number of carbonyl (C=O) groups excluding carboxylic acids is 1. The smallest absolute Gasteiger partial charge is 0.255 e. The zero-order valence-electron chi connectivity index (χ0n) is 16.3. The van der Waals surface area contributed by atoms with Crippen LogP contribution < -0.4 is 11.1 Å². The first kappa shape index (κ1) is 19.7. The van der Waals surface area contributed by atoms with Crippen molar-refractivity contribution in [3.63, 3.8) is 0 Å². The van der Waals surface area contributed by atoms with E-state index in [1.165, 1.54) is 0 Å². The van der Waals surface area contributed by atoms with E-state index in [-0.39, 0.29) is 5.91 Å². The standard InChI is InChI=1S/C22H20N6OS/c1-28-20(16-10-12-24-13-11-16)26-27-22(28)30-14-15-6-8-17(9-7-15)21(29)25-19-5-3-2-4-18(19)23/h2-13H,14,23H2,1H3,(H,25,29). The summed E-state index contributed by atoms with van der Waals surface area (Å²) in [6, 6.07) is 18.5. The number of para-hydroxylation sites is 2. The van der Waals surface area contributed by atoms with Gasteiger partial charge in [-0.2, -0.15) is 0 Å². The molecule has 0 radical (unpaired) electrons. The molecule has 150 valence electrons. The Labute approximate surface area is 178 Å². The minimum Gasteiger partial charge on any atom is -0.397 e. The Morgan fingerprint density at radius 1 is 1.03 bits per heavy atom. The molecule has 7 nitrogen and oxygen atoms in total. The fourth-order valence-corrected chi connectivity index (χ4v) is 3.77. The number of aromatic nitrogens is 4. The maximum Gasteiger partial charge on any atom is 0.255 e. The summed E-state index contributed by atoms with van der Waals surface area (Å²) in [5.74, 6) is 1.32. The van der Waals surface area contributed by atoms with Crippen molar-refractivity contribution >= 4 is 29.0 Å². The SMILES string of the molecule is Cn1c(SCc2ccc(C(=O)Nc3ccccc3N)cc2)nnc1-c1ccncc1. The molecule has 0 saturated heterocycles. The number of nitrogens with zero attached hydrogens (tertiary/aromatic N) is 4. The maximum atomic E-state index is 12.4. The van der Waals surface area contributed by atoms with Gasteiger partial charge >= 0.3 is 0 Å². The number of benzene rings is 2. The van der Waals surface area contributed by atoms with Gasteiger partial charge in [0.2, 0.25) is 0 Å². The number of thioether (sulfide) groups is 1. The average Bonchev–Trinajstić information content (AvgIpc) is 3.15. The van der Waals surface area contributed by atoms with Gasteiger partial charge < -0.3 is 15.6 Å². The second-order valence-electron chi connectivity index (χ2n) is 6.63. The fourth-order valence-electron chi connectivity index (χ4n) is 2.90. The normalized spacial score (nSPS) is 10.7. The van der Waals surface area contributed by atoms with Gasteiger partial charge in [-0.25, -0.2) is 0 Å². The van der Waals surface area contributed by atoms with Gasteiger partial charge in [0.1, 0.15) is 0 Å². The van der Waals surface area contributed by atoms with Crippen LogP contribution in [0.3, 0.4) is 0 Å². The summed E-state index contributed by atoms with van der Waals surface area (Å²) in [5.41, 5.74) is 9.66. The summed E-state index contributed by atoms with van der Waals surface area (Å²) >= 11 is 1.59. The summed E-state index contributed by atoms with van der Waals surface area (Å²) in [4.78, 5) is 16.5. The van der Waals surface area contributed by atoms with Crippen molar-refractivity contribution in [2.45, 2.75) is 10.9 Å². The topological polar surface area (TPSA) is 98.7 Å². The van der Waals surface area contributed by atoms with E-state index in [4.69, 9.17) is 5.73 Å². The molecule has 0 saturated carbocycles. The molecule has 0 aliphatic rings. The molecule has 4 aromatic rings. The molecular weight excluding hydrogens is 396 g/mol. The van der Waals surface area contributed by atoms with Crippen molar-refractivity contribution in [2.75, 3.05) is 11.1 Å². The van der Waals surface area contributed by atoms with Crippen molar-refractivity contribution in [3.8, 4) is 11.4 Å². The maximum absolute atomic E-state index is 12.4. The molecule has 4 rings (SSSR count). The minimum absolute atomic E-state index is 0.192. The first-order valence-corrected chi connectivity index (χ1v) is 10.3. The number of nitrogens with one attached hydrogen (secondary N) is 1. The monoisotopic (exact) mass is 416 g/mol. The van der Waals surface area contributed by atoms with Gasteiger partial charge in [0.25, 0.3) is 5.91 Å². The molecule has 2 aromatic carbocycles. The van der Waals surface area contributed by atoms with Crippen LogP contribution in [0.2, 0.25) is 0 Å². The lowest BCUT2D eigenvalue weighted by atomic mass is 10.1. The Kier molecular flexibility index (Phi) is 5.76. The van der Waals surface area contributed by atoms with Gasteiger partial charge in [-0.1, -0.05) is 36.0 Å². The number of amides is 1. The molecule has 0 aliphatic carbocycles. The fraction of sp³-hybridized carbons (Fsp3) is 0.0909. The lowest BCUT2D eigenvalue weighted by molar-refractivity contribution is 0.102. The molecule has 0 fully saturated rings. The molecule has 1 amide bonds. The number of pyridine rings is 1. The number of hydrogen-bond acceptors (Lipinski definition) is 6. The van der Waals surface area contributed by atoms with Crippen LogP contribution in [-0.2, 0) is 12.8 Å². The third-order valence-electron chi connectivity index (χ3n) is 4.57. The number of rotatable bonds is 6. The van der Waals surface area contributed by atoms with Crippen molar-refractivity contribution in [1.82, 2.24) is 19.7 Å². The Bertz CT molecular complexity index is 1160. The lowest BCUT2D eigenvalue weighted by Gasteiger charge is -2.08. The van der Waals surface area contributed by atoms with Crippen LogP contribution in [0.4, 0.5) is 11.4 Å². The molecule has 0 aliphatic heterocycles. The van der Waals surface area contributed by atoms with E-state index < -0.39 is 0 Å². The van der Waals surface area contributed by atoms with Crippen molar-refractivity contribution in [3.05, 3.63) is 84.2 Å². The molecule has 0 atom stereocenters. The van der Waals surface area contributed by atoms with Crippen LogP contribution in [0.15, 0.2) is 78.2 Å². The predicted octanol–water partition coefficient (Wildman–Crippen LogP) is 4.00. The molecule has 0 spiro atoms. The Morgan fingerprint density at radius 3 is 2.50 bits per heavy atom. The van der Waals surface area contributed by atoms with E-state index in [1.807, 2.05) is 60.1 Å². The molecular formula is C22H20N6OS. The van der Waals surface area contributed by atoms with Gasteiger partial charge in [-0.15, -0.1) is 10.2 Å². The zero-order chi connectivity index (χ0) is 20.9. The number of carbonyl (C=O) groups is 1. The average molecular weight is 417 g/mol. The van der Waals surface area contributed by atoms with Gasteiger partial charge in [0.05, 0.1) is 11.4 Å². The van der Waals surface area contributed by atoms with Crippen molar-refractivity contribution in [2.24, 2.45) is 7.05 Å². The van der Waals surface area contributed by atoms with Crippen molar-refractivity contribution in [1.29, 1.82) is 0 Å².